The Morgan fingerprint density at radius 3 is 2.14 bits per heavy atom. The Balaban J connectivity index is 1.94. The van der Waals surface area contributed by atoms with E-state index in [1.807, 2.05) is 18.2 Å². The summed E-state index contributed by atoms with van der Waals surface area (Å²) in [6.07, 6.45) is 0. The van der Waals surface area contributed by atoms with Gasteiger partial charge < -0.3 is 10.6 Å². The lowest BCUT2D eigenvalue weighted by Crippen LogP contribution is -2.56. The maximum absolute atomic E-state index is 6.31. The van der Waals surface area contributed by atoms with E-state index in [9.17, 15) is 0 Å². The highest BCUT2D eigenvalue weighted by Crippen LogP contribution is 2.31. The fraction of sp³-hybridized carbons (Fsp3) is 0.647. The van der Waals surface area contributed by atoms with Gasteiger partial charge in [-0.25, -0.2) is 0 Å². The van der Waals surface area contributed by atoms with Crippen LogP contribution in [0.15, 0.2) is 24.3 Å². The van der Waals surface area contributed by atoms with E-state index in [0.29, 0.717) is 0 Å². The smallest absolute Gasteiger partial charge is 0.0639 e. The van der Waals surface area contributed by atoms with Crippen molar-refractivity contribution in [2.45, 2.75) is 33.2 Å². The number of rotatable bonds is 4. The molecular formula is C17H28ClN3. The van der Waals surface area contributed by atoms with Crippen molar-refractivity contribution in [3.05, 3.63) is 29.3 Å². The molecule has 0 bridgehead atoms. The molecular weight excluding hydrogens is 282 g/mol. The van der Waals surface area contributed by atoms with Crippen LogP contribution < -0.4 is 10.6 Å². The lowest BCUT2D eigenvalue weighted by Gasteiger charge is -2.45. The van der Waals surface area contributed by atoms with Crippen LogP contribution in [0.4, 0.5) is 5.69 Å². The molecule has 0 aliphatic carbocycles. The van der Waals surface area contributed by atoms with E-state index < -0.39 is 0 Å². The van der Waals surface area contributed by atoms with Crippen molar-refractivity contribution in [1.82, 2.24) is 4.90 Å². The summed E-state index contributed by atoms with van der Waals surface area (Å²) in [5, 5.41) is 0.842. The van der Waals surface area contributed by atoms with Gasteiger partial charge >= 0.3 is 0 Å². The number of para-hydroxylation sites is 1. The van der Waals surface area contributed by atoms with Gasteiger partial charge in [-0.2, -0.15) is 0 Å². The van der Waals surface area contributed by atoms with Crippen LogP contribution >= 0.6 is 11.6 Å². The van der Waals surface area contributed by atoms with Crippen molar-refractivity contribution < 1.29 is 0 Å². The SMILES string of the molecule is CC(C)(N)C(C)(C)CN1CCN(c2ccccc2Cl)CC1. The van der Waals surface area contributed by atoms with E-state index >= 15 is 0 Å². The molecule has 118 valence electrons. The fourth-order valence-corrected chi connectivity index (χ4v) is 2.87. The van der Waals surface area contributed by atoms with Gasteiger partial charge in [-0.1, -0.05) is 37.6 Å². The number of nitrogens with two attached hydrogens (primary N) is 1. The van der Waals surface area contributed by atoms with Gasteiger partial charge in [-0.05, 0) is 31.4 Å². The second-order valence-electron chi connectivity index (χ2n) is 7.32. The second-order valence-corrected chi connectivity index (χ2v) is 7.73. The third kappa shape index (κ3) is 3.91. The van der Waals surface area contributed by atoms with E-state index in [1.54, 1.807) is 0 Å². The van der Waals surface area contributed by atoms with Gasteiger partial charge in [0, 0.05) is 38.3 Å². The molecule has 4 heteroatoms. The van der Waals surface area contributed by atoms with Crippen LogP contribution in [0, 0.1) is 5.41 Å². The molecule has 2 rings (SSSR count). The first-order valence-corrected chi connectivity index (χ1v) is 8.09. The van der Waals surface area contributed by atoms with Crippen molar-refractivity contribution in [2.75, 3.05) is 37.6 Å². The molecule has 2 N–H and O–H groups in total. The summed E-state index contributed by atoms with van der Waals surface area (Å²) in [4.78, 5) is 4.89. The van der Waals surface area contributed by atoms with Gasteiger partial charge in [-0.15, -0.1) is 0 Å². The number of benzene rings is 1. The molecule has 1 heterocycles. The van der Waals surface area contributed by atoms with Gasteiger partial charge in [0.25, 0.3) is 0 Å². The van der Waals surface area contributed by atoms with Crippen LogP contribution in [-0.2, 0) is 0 Å². The average Bonchev–Trinajstić information content (AvgIpc) is 2.39. The lowest BCUT2D eigenvalue weighted by atomic mass is 9.75. The monoisotopic (exact) mass is 309 g/mol. The summed E-state index contributed by atoms with van der Waals surface area (Å²) in [5.41, 5.74) is 7.39. The molecule has 1 fully saturated rings. The Kier molecular flexibility index (Phi) is 4.86. The molecule has 0 saturated carbocycles. The first kappa shape index (κ1) is 16.6. The van der Waals surface area contributed by atoms with Gasteiger partial charge in [0.15, 0.2) is 0 Å². The molecule has 1 aromatic rings. The third-order valence-electron chi connectivity index (χ3n) is 4.93. The molecule has 1 aromatic carbocycles. The van der Waals surface area contributed by atoms with Crippen LogP contribution in [0.5, 0.6) is 0 Å². The van der Waals surface area contributed by atoms with E-state index in [4.69, 9.17) is 17.3 Å². The number of hydrogen-bond donors (Lipinski definition) is 1. The number of piperazine rings is 1. The number of anilines is 1. The first-order valence-electron chi connectivity index (χ1n) is 7.71. The van der Waals surface area contributed by atoms with Crippen molar-refractivity contribution in [3.63, 3.8) is 0 Å². The Labute approximate surface area is 134 Å². The van der Waals surface area contributed by atoms with Crippen molar-refractivity contribution >= 4 is 17.3 Å². The Morgan fingerprint density at radius 2 is 1.62 bits per heavy atom. The summed E-state index contributed by atoms with van der Waals surface area (Å²) in [6.45, 7) is 13.9. The minimum atomic E-state index is -0.174. The van der Waals surface area contributed by atoms with Crippen LogP contribution in [0.1, 0.15) is 27.7 Å². The van der Waals surface area contributed by atoms with Gasteiger partial charge in [0.2, 0.25) is 0 Å². The Hall–Kier alpha value is -0.770. The predicted molar refractivity (Wildman–Crippen MR) is 92.2 cm³/mol. The third-order valence-corrected chi connectivity index (χ3v) is 5.25. The molecule has 0 unspecified atom stereocenters. The van der Waals surface area contributed by atoms with E-state index in [0.717, 1.165) is 43.4 Å². The van der Waals surface area contributed by atoms with Gasteiger partial charge in [0.05, 0.1) is 10.7 Å². The van der Waals surface area contributed by atoms with E-state index in [-0.39, 0.29) is 11.0 Å². The van der Waals surface area contributed by atoms with E-state index in [2.05, 4.69) is 43.6 Å². The predicted octanol–water partition coefficient (Wildman–Crippen LogP) is 3.23. The summed E-state index contributed by atoms with van der Waals surface area (Å²) >= 11 is 6.29. The van der Waals surface area contributed by atoms with Crippen molar-refractivity contribution in [3.8, 4) is 0 Å². The zero-order valence-electron chi connectivity index (χ0n) is 13.7. The average molecular weight is 310 g/mol. The highest BCUT2D eigenvalue weighted by atomic mass is 35.5. The zero-order chi connectivity index (χ0) is 15.7. The van der Waals surface area contributed by atoms with Crippen LogP contribution in [0.2, 0.25) is 5.02 Å². The Morgan fingerprint density at radius 1 is 1.05 bits per heavy atom. The second kappa shape index (κ2) is 6.15. The largest absolute Gasteiger partial charge is 0.368 e. The number of halogens is 1. The highest BCUT2D eigenvalue weighted by Gasteiger charge is 2.35. The van der Waals surface area contributed by atoms with Crippen molar-refractivity contribution in [2.24, 2.45) is 11.1 Å². The van der Waals surface area contributed by atoms with E-state index in [1.165, 1.54) is 0 Å². The molecule has 0 atom stereocenters. The van der Waals surface area contributed by atoms with Crippen LogP contribution in [0.25, 0.3) is 0 Å². The molecule has 0 aromatic heterocycles. The fourth-order valence-electron chi connectivity index (χ4n) is 2.62. The molecule has 1 saturated heterocycles. The summed E-state index contributed by atoms with van der Waals surface area (Å²) in [7, 11) is 0. The normalized spacial score (nSPS) is 18.1. The van der Waals surface area contributed by atoms with Gasteiger partial charge in [-0.3, -0.25) is 4.90 Å². The van der Waals surface area contributed by atoms with Crippen LogP contribution in [0.3, 0.4) is 0 Å². The molecule has 0 radical (unpaired) electrons. The summed E-state index contributed by atoms with van der Waals surface area (Å²) in [5.74, 6) is 0. The zero-order valence-corrected chi connectivity index (χ0v) is 14.5. The molecule has 0 spiro atoms. The maximum Gasteiger partial charge on any atom is 0.0639 e. The molecule has 21 heavy (non-hydrogen) atoms. The minimum Gasteiger partial charge on any atom is -0.368 e. The standard InChI is InChI=1S/C17H28ClN3/c1-16(2,17(3,4)19)13-20-9-11-21(12-10-20)15-8-6-5-7-14(15)18/h5-8H,9-13,19H2,1-4H3. The first-order chi connectivity index (χ1) is 9.71. The summed E-state index contributed by atoms with van der Waals surface area (Å²) in [6, 6.07) is 8.09. The van der Waals surface area contributed by atoms with Gasteiger partial charge in [0.1, 0.15) is 0 Å². The topological polar surface area (TPSA) is 32.5 Å². The highest BCUT2D eigenvalue weighted by molar-refractivity contribution is 6.33. The summed E-state index contributed by atoms with van der Waals surface area (Å²) < 4.78 is 0. The van der Waals surface area contributed by atoms with Crippen molar-refractivity contribution in [1.29, 1.82) is 0 Å². The number of hydrogen-bond acceptors (Lipinski definition) is 3. The quantitative estimate of drug-likeness (QED) is 0.927. The van der Waals surface area contributed by atoms with Crippen LogP contribution in [-0.4, -0.2) is 43.2 Å². The maximum atomic E-state index is 6.31. The number of nitrogens with zero attached hydrogens (tertiary/aromatic N) is 2. The molecule has 1 aliphatic rings. The minimum absolute atomic E-state index is 0.0968. The Bertz CT molecular complexity index is 471. The molecule has 1 aliphatic heterocycles. The molecule has 0 amide bonds. The molecule has 3 nitrogen and oxygen atoms in total. The lowest BCUT2D eigenvalue weighted by molar-refractivity contribution is 0.109.